The lowest BCUT2D eigenvalue weighted by molar-refractivity contribution is -0.134. The first-order chi connectivity index (χ1) is 12.8. The first-order valence-electron chi connectivity index (χ1n) is 8.48. The maximum absolute atomic E-state index is 12.4. The lowest BCUT2D eigenvalue weighted by Gasteiger charge is -2.21. The molecular formula is C16H22N6O5. The molecule has 0 unspecified atom stereocenters. The van der Waals surface area contributed by atoms with E-state index in [0.717, 1.165) is 6.42 Å². The van der Waals surface area contributed by atoms with Crippen molar-refractivity contribution in [1.29, 1.82) is 0 Å². The van der Waals surface area contributed by atoms with Crippen LogP contribution in [0.1, 0.15) is 37.9 Å². The molecule has 11 heteroatoms. The van der Waals surface area contributed by atoms with E-state index in [1.54, 1.807) is 11.8 Å². The average molecular weight is 378 g/mol. The van der Waals surface area contributed by atoms with Crippen LogP contribution in [0.15, 0.2) is 4.79 Å². The number of aryl methyl sites for hydroxylation is 1. The van der Waals surface area contributed by atoms with Gasteiger partial charge in [-0.2, -0.15) is 9.50 Å². The third kappa shape index (κ3) is 4.13. The second kappa shape index (κ2) is 8.43. The topological polar surface area (TPSA) is 150 Å². The quantitative estimate of drug-likeness (QED) is 0.633. The molecule has 3 N–H and O–H groups in total. The van der Waals surface area contributed by atoms with Crippen LogP contribution in [0.5, 0.6) is 0 Å². The number of hydrogen-bond donors (Lipinski definition) is 3. The van der Waals surface area contributed by atoms with E-state index in [0.29, 0.717) is 30.6 Å². The van der Waals surface area contributed by atoms with Gasteiger partial charge >= 0.3 is 0 Å². The number of carbonyl (C=O) groups is 3. The number of aromatic nitrogens is 4. The average Bonchev–Trinajstić information content (AvgIpc) is 3.22. The summed E-state index contributed by atoms with van der Waals surface area (Å²) in [5, 5.41) is 12.3. The summed E-state index contributed by atoms with van der Waals surface area (Å²) < 4.78 is 1.22. The third-order valence-electron chi connectivity index (χ3n) is 4.35. The van der Waals surface area contributed by atoms with E-state index in [2.05, 4.69) is 20.4 Å². The lowest BCUT2D eigenvalue weighted by Crippen LogP contribution is -2.42. The van der Waals surface area contributed by atoms with Crippen molar-refractivity contribution in [3.05, 3.63) is 21.6 Å². The Morgan fingerprint density at radius 1 is 1.41 bits per heavy atom. The number of nitrogens with one attached hydrogen (secondary N) is 2. The summed E-state index contributed by atoms with van der Waals surface area (Å²) in [4.78, 5) is 54.7. The standard InChI is InChI=1S/C15H20N6O3.CH2O2/c1-4-10-8(2)16-15-18-14(19-21(15)13(10)24)17-12(23)11-6-5-7-20(11)9(3)22;2-1-3/h11H,4-7H2,1-3H3,(H2,16,17,18,19,23);1H,(H,2,3)/t11-;/m0./s1. The Labute approximate surface area is 154 Å². The number of aromatic amines is 1. The number of H-pyrrole nitrogens is 1. The highest BCUT2D eigenvalue weighted by atomic mass is 16.3. The Morgan fingerprint density at radius 3 is 2.67 bits per heavy atom. The highest BCUT2D eigenvalue weighted by molar-refractivity contribution is 5.96. The van der Waals surface area contributed by atoms with Crippen LogP contribution in [0.2, 0.25) is 0 Å². The maximum atomic E-state index is 12.4. The zero-order valence-corrected chi connectivity index (χ0v) is 15.4. The molecule has 0 spiro atoms. The fraction of sp³-hybridized carbons (Fsp3) is 0.500. The van der Waals surface area contributed by atoms with Crippen molar-refractivity contribution in [2.75, 3.05) is 11.9 Å². The van der Waals surface area contributed by atoms with Gasteiger partial charge in [-0.15, -0.1) is 0 Å². The van der Waals surface area contributed by atoms with Gasteiger partial charge < -0.3 is 10.0 Å². The maximum Gasteiger partial charge on any atom is 0.290 e. The summed E-state index contributed by atoms with van der Waals surface area (Å²) in [5.74, 6) is -0.0897. The van der Waals surface area contributed by atoms with Crippen molar-refractivity contribution >= 4 is 30.0 Å². The van der Waals surface area contributed by atoms with E-state index < -0.39 is 6.04 Å². The minimum atomic E-state index is -0.506. The molecular weight excluding hydrogens is 356 g/mol. The first-order valence-corrected chi connectivity index (χ1v) is 8.48. The van der Waals surface area contributed by atoms with Crippen LogP contribution in [0.4, 0.5) is 5.95 Å². The molecule has 1 fully saturated rings. The number of rotatable bonds is 3. The molecule has 1 atom stereocenters. The van der Waals surface area contributed by atoms with E-state index in [4.69, 9.17) is 9.90 Å². The molecule has 1 aliphatic rings. The molecule has 3 heterocycles. The van der Waals surface area contributed by atoms with Gasteiger partial charge in [0.1, 0.15) is 6.04 Å². The smallest absolute Gasteiger partial charge is 0.290 e. The Morgan fingerprint density at radius 2 is 2.07 bits per heavy atom. The number of fused-ring (bicyclic) bond motifs is 1. The third-order valence-corrected chi connectivity index (χ3v) is 4.35. The van der Waals surface area contributed by atoms with Crippen molar-refractivity contribution in [2.24, 2.45) is 0 Å². The van der Waals surface area contributed by atoms with Crippen LogP contribution in [-0.2, 0) is 20.8 Å². The van der Waals surface area contributed by atoms with Crippen LogP contribution in [-0.4, -0.2) is 60.5 Å². The van der Waals surface area contributed by atoms with Crippen molar-refractivity contribution in [3.63, 3.8) is 0 Å². The Bertz CT molecular complexity index is 918. The zero-order valence-electron chi connectivity index (χ0n) is 15.4. The molecule has 0 aliphatic carbocycles. The lowest BCUT2D eigenvalue weighted by atomic mass is 10.2. The van der Waals surface area contributed by atoms with Gasteiger partial charge in [0.2, 0.25) is 17.8 Å². The normalized spacial score (nSPS) is 16.0. The van der Waals surface area contributed by atoms with E-state index in [1.165, 1.54) is 11.4 Å². The van der Waals surface area contributed by atoms with E-state index in [9.17, 15) is 14.4 Å². The van der Waals surface area contributed by atoms with E-state index >= 15 is 0 Å². The molecule has 11 nitrogen and oxygen atoms in total. The van der Waals surface area contributed by atoms with Crippen molar-refractivity contribution in [3.8, 4) is 0 Å². The summed E-state index contributed by atoms with van der Waals surface area (Å²) in [5.41, 5.74) is 1.01. The molecule has 0 radical (unpaired) electrons. The Kier molecular flexibility index (Phi) is 6.27. The molecule has 0 aromatic carbocycles. The second-order valence-corrected chi connectivity index (χ2v) is 6.01. The number of likely N-dealkylation sites (tertiary alicyclic amines) is 1. The number of carboxylic acid groups (broad SMARTS) is 1. The highest BCUT2D eigenvalue weighted by Crippen LogP contribution is 2.18. The summed E-state index contributed by atoms with van der Waals surface area (Å²) in [6.07, 6.45) is 1.97. The van der Waals surface area contributed by atoms with Crippen molar-refractivity contribution in [1.82, 2.24) is 24.5 Å². The van der Waals surface area contributed by atoms with Gasteiger partial charge in [0.05, 0.1) is 5.69 Å². The molecule has 1 saturated heterocycles. The van der Waals surface area contributed by atoms with Gasteiger partial charge in [-0.3, -0.25) is 29.6 Å². The minimum Gasteiger partial charge on any atom is -0.483 e. The largest absolute Gasteiger partial charge is 0.483 e. The van der Waals surface area contributed by atoms with Gasteiger partial charge in [0.25, 0.3) is 17.8 Å². The van der Waals surface area contributed by atoms with Crippen molar-refractivity contribution < 1.29 is 19.5 Å². The van der Waals surface area contributed by atoms with Gasteiger partial charge in [0.15, 0.2) is 0 Å². The monoisotopic (exact) mass is 378 g/mol. The molecule has 3 rings (SSSR count). The van der Waals surface area contributed by atoms with Gasteiger partial charge in [-0.25, -0.2) is 4.98 Å². The molecule has 27 heavy (non-hydrogen) atoms. The van der Waals surface area contributed by atoms with Gasteiger partial charge in [-0.1, -0.05) is 6.92 Å². The number of carbonyl (C=O) groups excluding carboxylic acids is 2. The zero-order chi connectivity index (χ0) is 20.1. The predicted molar refractivity (Wildman–Crippen MR) is 95.5 cm³/mol. The van der Waals surface area contributed by atoms with Crippen LogP contribution < -0.4 is 10.9 Å². The second-order valence-electron chi connectivity index (χ2n) is 6.01. The van der Waals surface area contributed by atoms with Crippen LogP contribution in [0.3, 0.4) is 0 Å². The first kappa shape index (κ1) is 20.1. The summed E-state index contributed by atoms with van der Waals surface area (Å²) in [6.45, 7) is 5.42. The number of amides is 2. The summed E-state index contributed by atoms with van der Waals surface area (Å²) >= 11 is 0. The Hall–Kier alpha value is -3.24. The molecule has 0 bridgehead atoms. The fourth-order valence-electron chi connectivity index (χ4n) is 3.13. The molecule has 1 aliphatic heterocycles. The van der Waals surface area contributed by atoms with E-state index in [-0.39, 0.29) is 35.6 Å². The summed E-state index contributed by atoms with van der Waals surface area (Å²) in [6, 6.07) is -0.506. The van der Waals surface area contributed by atoms with E-state index in [1.807, 2.05) is 6.92 Å². The molecule has 2 aromatic heterocycles. The summed E-state index contributed by atoms with van der Waals surface area (Å²) in [7, 11) is 0. The number of nitrogens with zero attached hydrogens (tertiary/aromatic N) is 4. The van der Waals surface area contributed by atoms with Crippen molar-refractivity contribution in [2.45, 2.75) is 46.1 Å². The fourth-order valence-corrected chi connectivity index (χ4v) is 3.13. The molecule has 2 aromatic rings. The van der Waals surface area contributed by atoms with Crippen LogP contribution in [0.25, 0.3) is 5.78 Å². The minimum absolute atomic E-state index is 0.127. The molecule has 2 amide bonds. The molecule has 0 saturated carbocycles. The SMILES string of the molecule is CCc1c(C)nc2nc(NC(=O)[C@@H]3CCCN3C(C)=O)[nH]n2c1=O.O=CO. The van der Waals surface area contributed by atoms with Crippen LogP contribution >= 0.6 is 0 Å². The Balaban J connectivity index is 0.000000817. The van der Waals surface area contributed by atoms with Gasteiger partial charge in [-0.05, 0) is 26.2 Å². The number of hydrogen-bond acceptors (Lipinski definition) is 6. The molecule has 146 valence electrons. The van der Waals surface area contributed by atoms with Gasteiger partial charge in [0, 0.05) is 19.0 Å². The predicted octanol–water partition coefficient (Wildman–Crippen LogP) is -0.0614. The highest BCUT2D eigenvalue weighted by Gasteiger charge is 2.32. The number of anilines is 1. The van der Waals surface area contributed by atoms with Crippen LogP contribution in [0, 0.1) is 6.92 Å².